The topological polar surface area (TPSA) is 92.1 Å². The van der Waals surface area contributed by atoms with Crippen molar-refractivity contribution in [3.63, 3.8) is 0 Å². The smallest absolute Gasteiger partial charge is 0.341 e. The minimum atomic E-state index is -0.619. The number of nitriles is 1. The zero-order valence-corrected chi connectivity index (χ0v) is 13.1. The third kappa shape index (κ3) is 4.31. The van der Waals surface area contributed by atoms with Gasteiger partial charge in [-0.05, 0) is 30.5 Å². The van der Waals surface area contributed by atoms with E-state index in [1.54, 1.807) is 48.9 Å². The Bertz CT molecular complexity index is 771. The molecule has 0 atom stereocenters. The van der Waals surface area contributed by atoms with E-state index in [1.165, 1.54) is 11.8 Å². The van der Waals surface area contributed by atoms with E-state index in [1.807, 2.05) is 6.07 Å². The van der Waals surface area contributed by atoms with E-state index < -0.39 is 18.5 Å². The quantitative estimate of drug-likeness (QED) is 0.670. The monoisotopic (exact) mass is 327 g/mol. The number of hydrogen-bond donors (Lipinski definition) is 1. The highest BCUT2D eigenvalue weighted by Crippen LogP contribution is 2.18. The summed E-state index contributed by atoms with van der Waals surface area (Å²) < 4.78 is 4.99. The molecule has 116 valence electrons. The molecule has 1 amide bonds. The van der Waals surface area contributed by atoms with Crippen LogP contribution >= 0.6 is 11.8 Å². The third-order valence-corrected chi connectivity index (χ3v) is 3.55. The highest BCUT2D eigenvalue weighted by atomic mass is 32.2. The molecule has 1 aromatic heterocycles. The van der Waals surface area contributed by atoms with Crippen molar-refractivity contribution in [1.82, 2.24) is 4.98 Å². The van der Waals surface area contributed by atoms with Gasteiger partial charge in [0.1, 0.15) is 11.1 Å². The molecule has 0 bridgehead atoms. The van der Waals surface area contributed by atoms with Gasteiger partial charge in [0.2, 0.25) is 0 Å². The molecule has 1 N–H and O–H groups in total. The van der Waals surface area contributed by atoms with Gasteiger partial charge in [0, 0.05) is 6.20 Å². The van der Waals surface area contributed by atoms with E-state index in [2.05, 4.69) is 10.3 Å². The molecule has 0 aliphatic rings. The molecule has 6 nitrogen and oxygen atoms in total. The molecular weight excluding hydrogens is 314 g/mol. The molecule has 7 heteroatoms. The summed E-state index contributed by atoms with van der Waals surface area (Å²) in [5.41, 5.74) is 1.02. The molecule has 0 spiro atoms. The van der Waals surface area contributed by atoms with Crippen molar-refractivity contribution < 1.29 is 14.3 Å². The Hall–Kier alpha value is -2.85. The molecule has 0 fully saturated rings. The van der Waals surface area contributed by atoms with E-state index in [0.717, 1.165) is 0 Å². The summed E-state index contributed by atoms with van der Waals surface area (Å²) in [5.74, 6) is -1.14. The van der Waals surface area contributed by atoms with Crippen molar-refractivity contribution in [3.8, 4) is 6.07 Å². The average Bonchev–Trinajstić information content (AvgIpc) is 2.60. The summed E-state index contributed by atoms with van der Waals surface area (Å²) in [6, 6.07) is 11.8. The number of rotatable bonds is 5. The number of anilines is 1. The molecule has 1 aromatic carbocycles. The summed E-state index contributed by atoms with van der Waals surface area (Å²) in [6.07, 6.45) is 3.37. The van der Waals surface area contributed by atoms with Crippen LogP contribution < -0.4 is 5.32 Å². The van der Waals surface area contributed by atoms with Gasteiger partial charge in [-0.25, -0.2) is 9.78 Å². The molecule has 0 saturated heterocycles. The Morgan fingerprint density at radius 1 is 1.30 bits per heavy atom. The molecular formula is C16H13N3O3S. The second kappa shape index (κ2) is 7.96. The van der Waals surface area contributed by atoms with E-state index >= 15 is 0 Å². The second-order valence-electron chi connectivity index (χ2n) is 4.34. The lowest BCUT2D eigenvalue weighted by atomic mass is 10.2. The number of aromatic nitrogens is 1. The first-order valence-corrected chi connectivity index (χ1v) is 7.83. The Labute approximate surface area is 137 Å². The predicted octanol–water partition coefficient (Wildman–Crippen LogP) is 2.47. The summed E-state index contributed by atoms with van der Waals surface area (Å²) >= 11 is 1.32. The number of thioether (sulfide) groups is 1. The highest BCUT2D eigenvalue weighted by molar-refractivity contribution is 7.98. The van der Waals surface area contributed by atoms with Gasteiger partial charge in [-0.15, -0.1) is 11.8 Å². The van der Waals surface area contributed by atoms with Gasteiger partial charge in [0.05, 0.1) is 16.8 Å². The van der Waals surface area contributed by atoms with Gasteiger partial charge in [-0.1, -0.05) is 12.1 Å². The number of hydrogen-bond acceptors (Lipinski definition) is 6. The number of carbonyl (C=O) groups is 2. The lowest BCUT2D eigenvalue weighted by Crippen LogP contribution is -2.21. The molecule has 0 aliphatic carbocycles. The Morgan fingerprint density at radius 3 is 2.83 bits per heavy atom. The van der Waals surface area contributed by atoms with Crippen LogP contribution in [0, 0.1) is 11.3 Å². The standard InChI is InChI=1S/C16H13N3O3S/c1-23-15-12(6-4-8-18-15)16(21)22-10-14(20)19-13-7-3-2-5-11(13)9-17/h2-8H,10H2,1H3,(H,19,20). The first-order chi connectivity index (χ1) is 11.2. The maximum Gasteiger partial charge on any atom is 0.341 e. The van der Waals surface area contributed by atoms with Crippen LogP contribution in [-0.2, 0) is 9.53 Å². The fraction of sp³-hybridized carbons (Fsp3) is 0.125. The van der Waals surface area contributed by atoms with Crippen molar-refractivity contribution in [2.45, 2.75) is 5.03 Å². The maximum absolute atomic E-state index is 12.0. The Kier molecular flexibility index (Phi) is 5.72. The minimum absolute atomic E-state index is 0.310. The number of esters is 1. The van der Waals surface area contributed by atoms with Gasteiger partial charge < -0.3 is 10.1 Å². The number of benzene rings is 1. The summed E-state index contributed by atoms with van der Waals surface area (Å²) in [5, 5.41) is 12.0. The first kappa shape index (κ1) is 16.5. The Balaban J connectivity index is 1.97. The second-order valence-corrected chi connectivity index (χ2v) is 5.14. The fourth-order valence-electron chi connectivity index (χ4n) is 1.79. The molecule has 0 aliphatic heterocycles. The van der Waals surface area contributed by atoms with Crippen LogP contribution in [0.5, 0.6) is 0 Å². The third-order valence-electron chi connectivity index (χ3n) is 2.84. The number of amides is 1. The number of para-hydroxylation sites is 1. The van der Waals surface area contributed by atoms with E-state index in [4.69, 9.17) is 10.00 Å². The average molecular weight is 327 g/mol. The molecule has 0 saturated carbocycles. The number of pyridine rings is 1. The van der Waals surface area contributed by atoms with Gasteiger partial charge >= 0.3 is 5.97 Å². The number of carbonyl (C=O) groups excluding carboxylic acids is 2. The molecule has 0 unspecified atom stereocenters. The zero-order chi connectivity index (χ0) is 16.7. The SMILES string of the molecule is CSc1ncccc1C(=O)OCC(=O)Nc1ccccc1C#N. The fourth-order valence-corrected chi connectivity index (χ4v) is 2.33. The normalized spacial score (nSPS) is 9.74. The predicted molar refractivity (Wildman–Crippen MR) is 86.1 cm³/mol. The first-order valence-electron chi connectivity index (χ1n) is 6.61. The lowest BCUT2D eigenvalue weighted by molar-refractivity contribution is -0.119. The van der Waals surface area contributed by atoms with Gasteiger partial charge in [0.25, 0.3) is 5.91 Å². The molecule has 23 heavy (non-hydrogen) atoms. The summed E-state index contributed by atoms with van der Waals surface area (Å²) in [4.78, 5) is 27.9. The van der Waals surface area contributed by atoms with Crippen LogP contribution in [0.1, 0.15) is 15.9 Å². The summed E-state index contributed by atoms with van der Waals surface area (Å²) in [7, 11) is 0. The van der Waals surface area contributed by atoms with Crippen molar-refractivity contribution in [1.29, 1.82) is 5.26 Å². The van der Waals surface area contributed by atoms with Gasteiger partial charge in [-0.2, -0.15) is 5.26 Å². The number of ether oxygens (including phenoxy) is 1. The number of nitrogens with one attached hydrogen (secondary N) is 1. The molecule has 2 aromatic rings. The summed E-state index contributed by atoms with van der Waals surface area (Å²) in [6.45, 7) is -0.443. The Morgan fingerprint density at radius 2 is 2.09 bits per heavy atom. The van der Waals surface area contributed by atoms with E-state index in [9.17, 15) is 9.59 Å². The van der Waals surface area contributed by atoms with Gasteiger partial charge in [-0.3, -0.25) is 4.79 Å². The van der Waals surface area contributed by atoms with Crippen molar-refractivity contribution in [2.24, 2.45) is 0 Å². The molecule has 0 radical (unpaired) electrons. The van der Waals surface area contributed by atoms with Crippen LogP contribution in [0.25, 0.3) is 0 Å². The number of nitrogens with zero attached hydrogens (tertiary/aromatic N) is 2. The lowest BCUT2D eigenvalue weighted by Gasteiger charge is -2.08. The van der Waals surface area contributed by atoms with Crippen molar-refractivity contribution >= 4 is 29.3 Å². The van der Waals surface area contributed by atoms with Crippen LogP contribution in [0.3, 0.4) is 0 Å². The largest absolute Gasteiger partial charge is 0.452 e. The van der Waals surface area contributed by atoms with Crippen LogP contribution in [0.15, 0.2) is 47.6 Å². The van der Waals surface area contributed by atoms with Crippen molar-refractivity contribution in [2.75, 3.05) is 18.2 Å². The van der Waals surface area contributed by atoms with Crippen LogP contribution in [-0.4, -0.2) is 29.7 Å². The molecule has 2 rings (SSSR count). The minimum Gasteiger partial charge on any atom is -0.452 e. The van der Waals surface area contributed by atoms with Crippen LogP contribution in [0.2, 0.25) is 0 Å². The van der Waals surface area contributed by atoms with Crippen molar-refractivity contribution in [3.05, 3.63) is 53.7 Å². The van der Waals surface area contributed by atoms with E-state index in [-0.39, 0.29) is 0 Å². The maximum atomic E-state index is 12.0. The van der Waals surface area contributed by atoms with E-state index in [0.29, 0.717) is 21.8 Å². The van der Waals surface area contributed by atoms with Crippen LogP contribution in [0.4, 0.5) is 5.69 Å². The zero-order valence-electron chi connectivity index (χ0n) is 12.3. The highest BCUT2D eigenvalue weighted by Gasteiger charge is 2.15. The van der Waals surface area contributed by atoms with Gasteiger partial charge in [0.15, 0.2) is 6.61 Å². The molecule has 1 heterocycles.